The van der Waals surface area contributed by atoms with Crippen LogP contribution in [0.25, 0.3) is 0 Å². The Morgan fingerprint density at radius 2 is 1.78 bits per heavy atom. The summed E-state index contributed by atoms with van der Waals surface area (Å²) >= 11 is 0. The monoisotopic (exact) mass is 511 g/mol. The molecule has 1 aromatic carbocycles. The average Bonchev–Trinajstić information content (AvgIpc) is 3.33. The summed E-state index contributed by atoms with van der Waals surface area (Å²) in [7, 11) is 3.76. The predicted molar refractivity (Wildman–Crippen MR) is 161 cm³/mol. The Morgan fingerprint density at radius 3 is 2.38 bits per heavy atom. The van der Waals surface area contributed by atoms with Crippen molar-refractivity contribution in [2.24, 2.45) is 4.99 Å². The van der Waals surface area contributed by atoms with Gasteiger partial charge in [-0.25, -0.2) is 5.01 Å². The van der Waals surface area contributed by atoms with Crippen LogP contribution in [0.1, 0.15) is 72.8 Å². The highest BCUT2D eigenvalue weighted by Gasteiger charge is 2.33. The normalized spacial score (nSPS) is 16.2. The number of benzene rings is 1. The van der Waals surface area contributed by atoms with E-state index in [-0.39, 0.29) is 11.9 Å². The molecule has 1 aliphatic carbocycles. The minimum Gasteiger partial charge on any atom is -0.333 e. The van der Waals surface area contributed by atoms with Crippen molar-refractivity contribution >= 4 is 12.2 Å². The molecule has 0 spiro atoms. The van der Waals surface area contributed by atoms with Crippen molar-refractivity contribution in [3.05, 3.63) is 72.0 Å². The highest BCUT2D eigenvalue weighted by atomic mass is 16.2. The number of aliphatic imine (C=N–C) groups is 1. The van der Waals surface area contributed by atoms with Crippen LogP contribution in [-0.2, 0) is 11.3 Å². The van der Waals surface area contributed by atoms with Crippen LogP contribution in [0.15, 0.2) is 71.4 Å². The zero-order valence-corrected chi connectivity index (χ0v) is 24.8. The summed E-state index contributed by atoms with van der Waals surface area (Å²) < 4.78 is 0. The van der Waals surface area contributed by atoms with Gasteiger partial charge >= 0.3 is 0 Å². The van der Waals surface area contributed by atoms with Gasteiger partial charge in [-0.1, -0.05) is 96.7 Å². The number of allylic oxidation sites excluding steroid dienone is 2. The number of nitrogens with zero attached hydrogens (tertiary/aromatic N) is 4. The van der Waals surface area contributed by atoms with E-state index in [0.29, 0.717) is 6.54 Å². The van der Waals surface area contributed by atoms with Crippen molar-refractivity contribution in [3.63, 3.8) is 0 Å². The minimum absolute atomic E-state index is 0.136. The van der Waals surface area contributed by atoms with Gasteiger partial charge in [0.25, 0.3) is 5.91 Å². The number of carbonyl (C=O) groups excluding carboxylic acids is 1. The third-order valence-electron chi connectivity index (χ3n) is 5.74. The Bertz CT molecular complexity index is 831. The molecule has 208 valence electrons. The summed E-state index contributed by atoms with van der Waals surface area (Å²) in [5.74, 6) is 0.147. The Hall–Kier alpha value is -2.70. The Labute approximate surface area is 227 Å². The average molecular weight is 512 g/mol. The van der Waals surface area contributed by atoms with Crippen LogP contribution in [0, 0.1) is 0 Å². The topological polar surface area (TPSA) is 51.2 Å². The first-order valence-electron chi connectivity index (χ1n) is 14.1. The summed E-state index contributed by atoms with van der Waals surface area (Å²) in [5, 5.41) is 7.31. The molecule has 1 saturated heterocycles. The van der Waals surface area contributed by atoms with Crippen molar-refractivity contribution in [2.75, 3.05) is 33.7 Å². The van der Waals surface area contributed by atoms with Gasteiger partial charge in [-0.05, 0) is 36.8 Å². The van der Waals surface area contributed by atoms with Gasteiger partial charge in [-0.15, -0.1) is 0 Å². The van der Waals surface area contributed by atoms with Gasteiger partial charge in [-0.3, -0.25) is 14.8 Å². The van der Waals surface area contributed by atoms with Crippen LogP contribution in [0.4, 0.5) is 0 Å². The zero-order chi connectivity index (χ0) is 28.1. The molecule has 6 heteroatoms. The molecule has 1 atom stereocenters. The van der Waals surface area contributed by atoms with Gasteiger partial charge in [-0.2, -0.15) is 0 Å². The highest BCUT2D eigenvalue weighted by molar-refractivity contribution is 5.83. The van der Waals surface area contributed by atoms with Crippen LogP contribution in [0.2, 0.25) is 0 Å². The van der Waals surface area contributed by atoms with Gasteiger partial charge in [0.1, 0.15) is 0 Å². The number of hydrogen-bond acceptors (Lipinski definition) is 4. The fourth-order valence-corrected chi connectivity index (χ4v) is 4.02. The van der Waals surface area contributed by atoms with Gasteiger partial charge in [0.15, 0.2) is 0 Å². The summed E-state index contributed by atoms with van der Waals surface area (Å²) in [6.45, 7) is 19.2. The first-order valence-corrected chi connectivity index (χ1v) is 14.1. The smallest absolute Gasteiger partial charge is 0.254 e. The lowest BCUT2D eigenvalue weighted by molar-refractivity contribution is -0.143. The van der Waals surface area contributed by atoms with E-state index in [0.717, 1.165) is 51.0 Å². The standard InChI is InChI=1S/C25H35N5O.3C2H6/c1-21(29(20-26-2)19-23-12-8-5-9-13-23)14-16-27-24-15-17-30(25(24)31)28(3)18-22-10-6-4-7-11-22;3*1-2/h4,6-8,10-13,20,24,27H,1,5,9,14-19H2,2-3H3;3*1-2H3/t24-;;;/m0.../s1. The molecule has 0 saturated carbocycles. The third-order valence-corrected chi connectivity index (χ3v) is 5.74. The number of hydrogen-bond donors (Lipinski definition) is 1. The second-order valence-corrected chi connectivity index (χ2v) is 8.13. The molecule has 1 aliphatic heterocycles. The maximum absolute atomic E-state index is 12.9. The zero-order valence-electron chi connectivity index (χ0n) is 24.8. The van der Waals surface area contributed by atoms with Crippen LogP contribution in [0.3, 0.4) is 0 Å². The predicted octanol–water partition coefficient (Wildman–Crippen LogP) is 6.44. The third kappa shape index (κ3) is 12.4. The number of hydrazine groups is 1. The Morgan fingerprint density at radius 1 is 1.11 bits per heavy atom. The number of rotatable bonds is 11. The molecule has 6 nitrogen and oxygen atoms in total. The van der Waals surface area contributed by atoms with Crippen molar-refractivity contribution in [1.29, 1.82) is 0 Å². The summed E-state index contributed by atoms with van der Waals surface area (Å²) in [6.07, 6.45) is 12.3. The number of nitrogens with one attached hydrogen (secondary N) is 1. The molecule has 1 aromatic rings. The van der Waals surface area contributed by atoms with E-state index in [4.69, 9.17) is 0 Å². The molecule has 1 fully saturated rings. The van der Waals surface area contributed by atoms with E-state index in [1.807, 2.05) is 83.1 Å². The lowest BCUT2D eigenvalue weighted by Gasteiger charge is -2.28. The molecule has 1 N–H and O–H groups in total. The largest absolute Gasteiger partial charge is 0.333 e. The van der Waals surface area contributed by atoms with Crippen molar-refractivity contribution in [3.8, 4) is 0 Å². The van der Waals surface area contributed by atoms with Crippen molar-refractivity contribution in [2.45, 2.75) is 79.8 Å². The summed E-state index contributed by atoms with van der Waals surface area (Å²) in [5.41, 5.74) is 3.50. The van der Waals surface area contributed by atoms with Gasteiger partial charge in [0.05, 0.1) is 12.4 Å². The molecule has 1 amide bonds. The van der Waals surface area contributed by atoms with Gasteiger partial charge < -0.3 is 10.2 Å². The molecular formula is C31H53N5O. The Balaban J connectivity index is 0.00000201. The van der Waals surface area contributed by atoms with E-state index in [2.05, 4.69) is 52.1 Å². The van der Waals surface area contributed by atoms with Crippen LogP contribution in [0.5, 0.6) is 0 Å². The molecule has 0 unspecified atom stereocenters. The molecule has 0 bridgehead atoms. The fraction of sp³-hybridized carbons (Fsp3) is 0.548. The molecule has 0 aromatic heterocycles. The lowest BCUT2D eigenvalue weighted by atomic mass is 10.1. The number of carbonyl (C=O) groups is 1. The van der Waals surface area contributed by atoms with Crippen molar-refractivity contribution in [1.82, 2.24) is 20.2 Å². The summed E-state index contributed by atoms with van der Waals surface area (Å²) in [4.78, 5) is 19.1. The fourth-order valence-electron chi connectivity index (χ4n) is 4.02. The molecule has 1 heterocycles. The maximum Gasteiger partial charge on any atom is 0.254 e. The van der Waals surface area contributed by atoms with Crippen molar-refractivity contribution < 1.29 is 4.79 Å². The van der Waals surface area contributed by atoms with Gasteiger partial charge in [0.2, 0.25) is 0 Å². The second kappa shape index (κ2) is 21.4. The second-order valence-electron chi connectivity index (χ2n) is 8.13. The van der Waals surface area contributed by atoms with E-state index in [1.165, 1.54) is 11.1 Å². The van der Waals surface area contributed by atoms with Crippen LogP contribution >= 0.6 is 0 Å². The highest BCUT2D eigenvalue weighted by Crippen LogP contribution is 2.17. The molecule has 3 rings (SSSR count). The first kappa shape index (κ1) is 34.3. The number of amides is 1. The van der Waals surface area contributed by atoms with Crippen LogP contribution in [-0.4, -0.2) is 66.9 Å². The van der Waals surface area contributed by atoms with E-state index >= 15 is 0 Å². The van der Waals surface area contributed by atoms with E-state index in [1.54, 1.807) is 7.05 Å². The summed E-state index contributed by atoms with van der Waals surface area (Å²) in [6, 6.07) is 10.1. The maximum atomic E-state index is 12.9. The minimum atomic E-state index is -0.136. The molecular weight excluding hydrogens is 458 g/mol. The quantitative estimate of drug-likeness (QED) is 0.274. The Kier molecular flexibility index (Phi) is 19.8. The van der Waals surface area contributed by atoms with Crippen LogP contribution < -0.4 is 5.32 Å². The van der Waals surface area contributed by atoms with E-state index in [9.17, 15) is 4.79 Å². The first-order chi connectivity index (χ1) is 18.1. The molecule has 2 aliphatic rings. The van der Waals surface area contributed by atoms with E-state index < -0.39 is 0 Å². The molecule has 0 radical (unpaired) electrons. The van der Waals surface area contributed by atoms with Gasteiger partial charge in [0, 0.05) is 46.0 Å². The SMILES string of the molecule is C=C(CCN[C@H]1CCN(N(C)Cc2ccccc2)C1=O)N(C=NC)CC1=CCCC=C1.CC.CC.CC. The lowest BCUT2D eigenvalue weighted by Crippen LogP contribution is -2.45. The molecule has 37 heavy (non-hydrogen) atoms.